The minimum Gasteiger partial charge on any atom is -0.346 e. The SMILES string of the molecule is CCS(=O)c1ccc(CNC(=O)c2cnc3c(c2)CN(Cc2ccc(C(F)(F)F)cc2)C3C(C)C)nc1. The minimum absolute atomic E-state index is 0.00853. The van der Waals surface area contributed by atoms with Crippen LogP contribution in [0.2, 0.25) is 0 Å². The van der Waals surface area contributed by atoms with Gasteiger partial charge >= 0.3 is 6.18 Å². The van der Waals surface area contributed by atoms with E-state index < -0.39 is 22.5 Å². The van der Waals surface area contributed by atoms with E-state index in [0.717, 1.165) is 29.0 Å². The summed E-state index contributed by atoms with van der Waals surface area (Å²) in [7, 11) is -1.08. The number of nitrogens with zero attached hydrogens (tertiary/aromatic N) is 3. The van der Waals surface area contributed by atoms with E-state index in [1.165, 1.54) is 12.1 Å². The quantitative estimate of drug-likeness (QED) is 0.430. The molecule has 1 amide bonds. The summed E-state index contributed by atoms with van der Waals surface area (Å²) in [6.07, 6.45) is -1.24. The molecule has 0 saturated heterocycles. The van der Waals surface area contributed by atoms with Gasteiger partial charge in [-0.1, -0.05) is 32.9 Å². The first-order chi connectivity index (χ1) is 17.6. The number of carbonyl (C=O) groups is 1. The van der Waals surface area contributed by atoms with E-state index in [4.69, 9.17) is 0 Å². The monoisotopic (exact) mass is 530 g/mol. The fourth-order valence-corrected chi connectivity index (χ4v) is 5.27. The summed E-state index contributed by atoms with van der Waals surface area (Å²) in [4.78, 5) is 24.5. The van der Waals surface area contributed by atoms with Gasteiger partial charge in [-0.15, -0.1) is 0 Å². The Morgan fingerprint density at radius 1 is 1.14 bits per heavy atom. The van der Waals surface area contributed by atoms with Gasteiger partial charge in [0.25, 0.3) is 5.91 Å². The average Bonchev–Trinajstić information content (AvgIpc) is 3.24. The maximum atomic E-state index is 12.9. The summed E-state index contributed by atoms with van der Waals surface area (Å²) < 4.78 is 50.6. The number of alkyl halides is 3. The number of aromatic nitrogens is 2. The van der Waals surface area contributed by atoms with Gasteiger partial charge in [-0.3, -0.25) is 23.9 Å². The lowest BCUT2D eigenvalue weighted by Crippen LogP contribution is -2.26. The van der Waals surface area contributed by atoms with Crippen molar-refractivity contribution < 1.29 is 22.2 Å². The van der Waals surface area contributed by atoms with Crippen LogP contribution in [0.1, 0.15) is 65.2 Å². The lowest BCUT2D eigenvalue weighted by Gasteiger charge is -2.27. The lowest BCUT2D eigenvalue weighted by atomic mass is 9.99. The van der Waals surface area contributed by atoms with E-state index >= 15 is 0 Å². The van der Waals surface area contributed by atoms with Crippen LogP contribution >= 0.6 is 0 Å². The van der Waals surface area contributed by atoms with Gasteiger partial charge in [0.2, 0.25) is 0 Å². The molecule has 4 rings (SSSR count). The number of pyridine rings is 2. The predicted molar refractivity (Wildman–Crippen MR) is 135 cm³/mol. The first-order valence-corrected chi connectivity index (χ1v) is 13.4. The molecule has 1 N–H and O–H groups in total. The molecule has 0 saturated carbocycles. The predicted octanol–water partition coefficient (Wildman–Crippen LogP) is 5.27. The number of benzene rings is 1. The molecule has 2 aromatic heterocycles. The number of halogens is 3. The van der Waals surface area contributed by atoms with Gasteiger partial charge in [-0.05, 0) is 47.4 Å². The van der Waals surface area contributed by atoms with Crippen molar-refractivity contribution in [1.29, 1.82) is 0 Å². The normalized spacial score (nSPS) is 16.6. The standard InChI is InChI=1S/C27H29F3N4O2S/c1-4-37(36)23-10-9-22(31-14-23)13-33-26(35)19-11-20-16-34(25(17(2)3)24(20)32-12-19)15-18-5-7-21(8-6-18)27(28,29)30/h5-12,14,17,25H,4,13,15-16H2,1-3H3,(H,33,35). The number of hydrogen-bond acceptors (Lipinski definition) is 5. The number of amides is 1. The summed E-state index contributed by atoms with van der Waals surface area (Å²) in [5.74, 6) is 0.460. The Bertz CT molecular complexity index is 1280. The van der Waals surface area contributed by atoms with Crippen LogP contribution in [0.15, 0.2) is 59.8 Å². The Morgan fingerprint density at radius 3 is 2.46 bits per heavy atom. The number of nitrogens with one attached hydrogen (secondary N) is 1. The number of rotatable bonds is 8. The molecule has 2 atom stereocenters. The molecule has 3 heterocycles. The highest BCUT2D eigenvalue weighted by Gasteiger charge is 2.35. The first kappa shape index (κ1) is 26.9. The molecule has 0 fully saturated rings. The van der Waals surface area contributed by atoms with Crippen LogP contribution < -0.4 is 5.32 Å². The molecule has 3 aromatic rings. The van der Waals surface area contributed by atoms with Gasteiger partial charge in [-0.2, -0.15) is 13.2 Å². The van der Waals surface area contributed by atoms with E-state index in [1.54, 1.807) is 24.5 Å². The van der Waals surface area contributed by atoms with Crippen molar-refractivity contribution in [3.05, 3.63) is 88.5 Å². The molecular weight excluding hydrogens is 501 g/mol. The van der Waals surface area contributed by atoms with Gasteiger partial charge in [0, 0.05) is 31.2 Å². The highest BCUT2D eigenvalue weighted by Crippen LogP contribution is 2.39. The third kappa shape index (κ3) is 6.24. The molecule has 37 heavy (non-hydrogen) atoms. The van der Waals surface area contributed by atoms with Gasteiger partial charge < -0.3 is 5.32 Å². The second kappa shape index (κ2) is 11.1. The van der Waals surface area contributed by atoms with Crippen LogP contribution in [0.25, 0.3) is 0 Å². The van der Waals surface area contributed by atoms with Gasteiger partial charge in [-0.25, -0.2) is 0 Å². The van der Waals surface area contributed by atoms with Crippen molar-refractivity contribution in [2.45, 2.75) is 57.5 Å². The topological polar surface area (TPSA) is 75.2 Å². The molecule has 2 unspecified atom stereocenters. The molecule has 1 aromatic carbocycles. The zero-order valence-electron chi connectivity index (χ0n) is 20.9. The Morgan fingerprint density at radius 2 is 1.86 bits per heavy atom. The third-order valence-corrected chi connectivity index (χ3v) is 7.65. The van der Waals surface area contributed by atoms with Crippen molar-refractivity contribution in [2.75, 3.05) is 5.75 Å². The van der Waals surface area contributed by atoms with E-state index in [1.807, 2.05) is 13.0 Å². The van der Waals surface area contributed by atoms with E-state index in [2.05, 4.69) is 34.0 Å². The van der Waals surface area contributed by atoms with Crippen LogP contribution in [0.4, 0.5) is 13.2 Å². The molecule has 0 bridgehead atoms. The minimum atomic E-state index is -4.36. The Hall–Kier alpha value is -3.11. The molecule has 1 aliphatic rings. The van der Waals surface area contributed by atoms with Crippen molar-refractivity contribution >= 4 is 16.7 Å². The molecular formula is C27H29F3N4O2S. The number of carbonyl (C=O) groups excluding carboxylic acids is 1. The Kier molecular flexibility index (Phi) is 8.08. The van der Waals surface area contributed by atoms with Crippen LogP contribution in [-0.4, -0.2) is 30.7 Å². The smallest absolute Gasteiger partial charge is 0.346 e. The maximum absolute atomic E-state index is 12.9. The first-order valence-electron chi connectivity index (χ1n) is 12.1. The van der Waals surface area contributed by atoms with Crippen molar-refractivity contribution in [2.24, 2.45) is 5.92 Å². The zero-order valence-corrected chi connectivity index (χ0v) is 21.7. The number of hydrogen-bond donors (Lipinski definition) is 1. The van der Waals surface area contributed by atoms with Gasteiger partial charge in [0.05, 0.1) is 50.8 Å². The molecule has 0 spiro atoms. The van der Waals surface area contributed by atoms with Crippen molar-refractivity contribution in [3.8, 4) is 0 Å². The van der Waals surface area contributed by atoms with Crippen LogP contribution in [0.5, 0.6) is 0 Å². The van der Waals surface area contributed by atoms with Crippen molar-refractivity contribution in [1.82, 2.24) is 20.2 Å². The van der Waals surface area contributed by atoms with Crippen molar-refractivity contribution in [3.63, 3.8) is 0 Å². The van der Waals surface area contributed by atoms with Gasteiger partial charge in [0.15, 0.2) is 0 Å². The van der Waals surface area contributed by atoms with Crippen LogP contribution in [0, 0.1) is 5.92 Å². The van der Waals surface area contributed by atoms with Gasteiger partial charge in [0.1, 0.15) is 0 Å². The molecule has 10 heteroatoms. The fraction of sp³-hybridized carbons (Fsp3) is 0.370. The second-order valence-electron chi connectivity index (χ2n) is 9.36. The van der Waals surface area contributed by atoms with Crippen LogP contribution in [-0.2, 0) is 36.6 Å². The van der Waals surface area contributed by atoms with E-state index in [0.29, 0.717) is 35.0 Å². The van der Waals surface area contributed by atoms with E-state index in [-0.39, 0.29) is 24.4 Å². The third-order valence-electron chi connectivity index (χ3n) is 6.36. The summed E-state index contributed by atoms with van der Waals surface area (Å²) >= 11 is 0. The largest absolute Gasteiger partial charge is 0.416 e. The van der Waals surface area contributed by atoms with E-state index in [9.17, 15) is 22.2 Å². The highest BCUT2D eigenvalue weighted by molar-refractivity contribution is 7.85. The zero-order chi connectivity index (χ0) is 26.7. The summed E-state index contributed by atoms with van der Waals surface area (Å²) in [5, 5.41) is 2.85. The molecule has 1 aliphatic heterocycles. The summed E-state index contributed by atoms with van der Waals surface area (Å²) in [6, 6.07) is 10.6. The second-order valence-corrected chi connectivity index (χ2v) is 11.1. The molecule has 0 radical (unpaired) electrons. The number of fused-ring (bicyclic) bond motifs is 1. The average molecular weight is 531 g/mol. The fourth-order valence-electron chi connectivity index (χ4n) is 4.54. The Labute approximate surface area is 216 Å². The summed E-state index contributed by atoms with van der Waals surface area (Å²) in [5.41, 5.74) is 3.03. The van der Waals surface area contributed by atoms with Crippen LogP contribution in [0.3, 0.4) is 0 Å². The molecule has 0 aliphatic carbocycles. The highest BCUT2D eigenvalue weighted by atomic mass is 32.2. The summed E-state index contributed by atoms with van der Waals surface area (Å²) in [6.45, 7) is 7.25. The molecule has 196 valence electrons. The maximum Gasteiger partial charge on any atom is 0.416 e. The lowest BCUT2D eigenvalue weighted by molar-refractivity contribution is -0.137. The molecule has 6 nitrogen and oxygen atoms in total. The Balaban J connectivity index is 1.44.